The second-order valence-corrected chi connectivity index (χ2v) is 12.8. The molecule has 1 heterocycles. The standard InChI is InChI=1S/C33H38O15/c1-15(28(37)38)45-30(41)16(2)46-31(42)18(12-20(34)14-21(35)29(39)40)13-24(36)47-23-8-10-33(43)19-5-4-9-32(33)25-17(11-19)6-7-22(44-3)26(25)48-27(23)32/h6-8,15-16,18-19,21,27,35,43H,4-5,9-14H2,1-3H3,(H,37,38)(H,39,40)/t15-,16-,18-,19-,21-,27+,32+,33-/m0/s1. The maximum atomic E-state index is 13.5. The molecule has 4 N–H and O–H groups in total. The lowest BCUT2D eigenvalue weighted by Gasteiger charge is -2.59. The number of aliphatic carboxylic acids is 2. The molecule has 0 aromatic heterocycles. The molecule has 0 radical (unpaired) electrons. The van der Waals surface area contributed by atoms with Crippen molar-refractivity contribution in [2.75, 3.05) is 7.11 Å². The van der Waals surface area contributed by atoms with Crippen LogP contribution in [0.15, 0.2) is 24.0 Å². The Balaban J connectivity index is 1.36. The number of Topliss-reactive ketones (excluding diaryl/α,β-unsaturated/α-hetero) is 1. The predicted molar refractivity (Wildman–Crippen MR) is 159 cm³/mol. The van der Waals surface area contributed by atoms with Crippen molar-refractivity contribution < 1.29 is 72.9 Å². The Bertz CT molecular complexity index is 1560. The van der Waals surface area contributed by atoms with Crippen molar-refractivity contribution in [3.05, 3.63) is 35.1 Å². The van der Waals surface area contributed by atoms with Gasteiger partial charge in [0.05, 0.1) is 30.5 Å². The van der Waals surface area contributed by atoms with E-state index >= 15 is 0 Å². The average molecular weight is 675 g/mol. The third-order valence-corrected chi connectivity index (χ3v) is 9.89. The fraction of sp³-hybridized carbons (Fsp3) is 0.576. The molecule has 48 heavy (non-hydrogen) atoms. The molecule has 1 aromatic rings. The highest BCUT2D eigenvalue weighted by atomic mass is 16.6. The molecule has 15 heteroatoms. The van der Waals surface area contributed by atoms with E-state index in [1.807, 2.05) is 6.07 Å². The van der Waals surface area contributed by atoms with Crippen molar-refractivity contribution in [1.29, 1.82) is 0 Å². The molecular weight excluding hydrogens is 636 g/mol. The van der Waals surface area contributed by atoms with Gasteiger partial charge in [-0.15, -0.1) is 0 Å². The summed E-state index contributed by atoms with van der Waals surface area (Å²) in [7, 11) is 1.50. The molecule has 8 atom stereocenters. The number of hydrogen-bond acceptors (Lipinski definition) is 13. The van der Waals surface area contributed by atoms with Crippen LogP contribution in [0.2, 0.25) is 0 Å². The van der Waals surface area contributed by atoms with E-state index in [0.29, 0.717) is 24.3 Å². The minimum Gasteiger partial charge on any atom is -0.493 e. The number of carbonyl (C=O) groups is 6. The number of methoxy groups -OCH3 is 1. The zero-order valence-electron chi connectivity index (χ0n) is 26.6. The van der Waals surface area contributed by atoms with Gasteiger partial charge >= 0.3 is 29.8 Å². The summed E-state index contributed by atoms with van der Waals surface area (Å²) in [6.45, 7) is 2.19. The molecule has 0 amide bonds. The van der Waals surface area contributed by atoms with Gasteiger partial charge in [-0.3, -0.25) is 14.4 Å². The SMILES string of the molecule is COc1ccc2c3c1O[C@@H]1C(OC(=O)C[C@H](CC(=O)C[C@H](O)C(=O)O)C(=O)O[C@@H](C)C(=O)O[C@@H](C)C(=O)O)=CC[C@]4(O)[C@@H](CCC[C@@]314)C2. The fourth-order valence-electron chi connectivity index (χ4n) is 7.59. The van der Waals surface area contributed by atoms with Crippen LogP contribution < -0.4 is 9.47 Å². The van der Waals surface area contributed by atoms with Crippen LogP contribution in [0.5, 0.6) is 11.5 Å². The van der Waals surface area contributed by atoms with Crippen LogP contribution >= 0.6 is 0 Å². The summed E-state index contributed by atoms with van der Waals surface area (Å²) >= 11 is 0. The third-order valence-electron chi connectivity index (χ3n) is 9.89. The van der Waals surface area contributed by atoms with Gasteiger partial charge in [-0.05, 0) is 63.2 Å². The first-order chi connectivity index (χ1) is 22.6. The number of rotatable bonds is 14. The van der Waals surface area contributed by atoms with Gasteiger partial charge in [0.2, 0.25) is 0 Å². The topological polar surface area (TPSA) is 229 Å². The maximum absolute atomic E-state index is 13.5. The van der Waals surface area contributed by atoms with Crippen LogP contribution in [0.4, 0.5) is 0 Å². The highest BCUT2D eigenvalue weighted by Crippen LogP contribution is 2.67. The molecule has 1 saturated carbocycles. The first kappa shape index (κ1) is 34.8. The molecule has 4 aliphatic rings. The van der Waals surface area contributed by atoms with Crippen molar-refractivity contribution >= 4 is 35.6 Å². The van der Waals surface area contributed by atoms with Gasteiger partial charge in [0.15, 0.2) is 35.9 Å². The van der Waals surface area contributed by atoms with Gasteiger partial charge in [-0.25, -0.2) is 14.4 Å². The van der Waals surface area contributed by atoms with Crippen LogP contribution in [0.25, 0.3) is 0 Å². The third kappa shape index (κ3) is 6.00. The number of ketones is 1. The zero-order valence-corrected chi connectivity index (χ0v) is 26.6. The number of carboxylic acids is 2. The van der Waals surface area contributed by atoms with E-state index in [-0.39, 0.29) is 18.1 Å². The summed E-state index contributed by atoms with van der Waals surface area (Å²) in [4.78, 5) is 73.6. The molecule has 0 saturated heterocycles. The van der Waals surface area contributed by atoms with Crippen molar-refractivity contribution in [3.8, 4) is 11.5 Å². The molecule has 260 valence electrons. The van der Waals surface area contributed by atoms with Crippen LogP contribution in [-0.2, 0) is 54.8 Å². The van der Waals surface area contributed by atoms with Crippen molar-refractivity contribution in [3.63, 3.8) is 0 Å². The Kier molecular flexibility index (Phi) is 9.57. The van der Waals surface area contributed by atoms with E-state index in [1.165, 1.54) is 7.11 Å². The zero-order chi connectivity index (χ0) is 35.1. The summed E-state index contributed by atoms with van der Waals surface area (Å²) in [6.07, 6.45) is -3.94. The largest absolute Gasteiger partial charge is 0.493 e. The molecule has 3 aliphatic carbocycles. The fourth-order valence-corrected chi connectivity index (χ4v) is 7.59. The van der Waals surface area contributed by atoms with Crippen molar-refractivity contribution in [1.82, 2.24) is 0 Å². The number of ether oxygens (including phenoxy) is 5. The number of aliphatic hydroxyl groups is 2. The van der Waals surface area contributed by atoms with E-state index in [9.17, 15) is 39.0 Å². The highest BCUT2D eigenvalue weighted by Gasteiger charge is 2.71. The second-order valence-electron chi connectivity index (χ2n) is 12.8. The van der Waals surface area contributed by atoms with E-state index in [1.54, 1.807) is 12.1 Å². The minimum atomic E-state index is -2.06. The lowest BCUT2D eigenvalue weighted by molar-refractivity contribution is -0.177. The monoisotopic (exact) mass is 674 g/mol. The minimum absolute atomic E-state index is 0.0591. The molecule has 2 bridgehead atoms. The van der Waals surface area contributed by atoms with Crippen LogP contribution in [-0.4, -0.2) is 93.2 Å². The normalized spacial score (nSPS) is 27.1. The Morgan fingerprint density at radius 1 is 0.979 bits per heavy atom. The second kappa shape index (κ2) is 13.2. The van der Waals surface area contributed by atoms with Crippen molar-refractivity contribution in [2.45, 2.75) is 101 Å². The Morgan fingerprint density at radius 3 is 2.35 bits per heavy atom. The van der Waals surface area contributed by atoms with Crippen LogP contribution in [0.1, 0.15) is 69.9 Å². The molecule has 1 aliphatic heterocycles. The smallest absolute Gasteiger partial charge is 0.347 e. The van der Waals surface area contributed by atoms with Gasteiger partial charge in [0.1, 0.15) is 11.5 Å². The van der Waals surface area contributed by atoms with Crippen LogP contribution in [0, 0.1) is 11.8 Å². The highest BCUT2D eigenvalue weighted by molar-refractivity contribution is 5.91. The Hall–Kier alpha value is -4.50. The Labute approximate surface area is 274 Å². The van der Waals surface area contributed by atoms with E-state index in [4.69, 9.17) is 33.9 Å². The quantitative estimate of drug-likeness (QED) is 0.161. The number of esters is 3. The van der Waals surface area contributed by atoms with E-state index < -0.39 is 96.2 Å². The van der Waals surface area contributed by atoms with Gasteiger partial charge < -0.3 is 44.1 Å². The molecule has 1 spiro atoms. The lowest BCUT2D eigenvalue weighted by atomic mass is 9.47. The maximum Gasteiger partial charge on any atom is 0.347 e. The molecule has 1 fully saturated rings. The number of aliphatic hydroxyl groups excluding tert-OH is 1. The predicted octanol–water partition coefficient (Wildman–Crippen LogP) is 1.36. The first-order valence-corrected chi connectivity index (χ1v) is 15.7. The number of benzene rings is 1. The first-order valence-electron chi connectivity index (χ1n) is 15.7. The summed E-state index contributed by atoms with van der Waals surface area (Å²) in [5.41, 5.74) is -0.259. The number of carbonyl (C=O) groups excluding carboxylic acids is 4. The van der Waals surface area contributed by atoms with Gasteiger partial charge in [0, 0.05) is 18.4 Å². The summed E-state index contributed by atoms with van der Waals surface area (Å²) in [6, 6.07) is 3.76. The van der Waals surface area contributed by atoms with Crippen LogP contribution in [0.3, 0.4) is 0 Å². The molecule has 1 aromatic carbocycles. The van der Waals surface area contributed by atoms with E-state index in [0.717, 1.165) is 37.8 Å². The summed E-state index contributed by atoms with van der Waals surface area (Å²) < 4.78 is 27.6. The number of carboxylic acid groups (broad SMARTS) is 2. The summed E-state index contributed by atoms with van der Waals surface area (Å²) in [5.74, 6) is -8.01. The molecule has 15 nitrogen and oxygen atoms in total. The number of hydrogen-bond donors (Lipinski definition) is 4. The van der Waals surface area contributed by atoms with Crippen molar-refractivity contribution in [2.24, 2.45) is 11.8 Å². The lowest BCUT2D eigenvalue weighted by Crippen LogP contribution is -2.67. The summed E-state index contributed by atoms with van der Waals surface area (Å²) in [5, 5.41) is 39.8. The van der Waals surface area contributed by atoms with Gasteiger partial charge in [-0.2, -0.15) is 0 Å². The Morgan fingerprint density at radius 2 is 1.69 bits per heavy atom. The van der Waals surface area contributed by atoms with Gasteiger partial charge in [0.25, 0.3) is 0 Å². The molecular formula is C33H38O15. The van der Waals surface area contributed by atoms with Gasteiger partial charge in [-0.1, -0.05) is 12.5 Å². The average Bonchev–Trinajstić information content (AvgIpc) is 3.37. The molecule has 0 unspecified atom stereocenters. The van der Waals surface area contributed by atoms with E-state index in [2.05, 4.69) is 0 Å². The molecule has 5 rings (SSSR count).